The molecule has 0 amide bonds. The first-order valence-electron chi connectivity index (χ1n) is 11.9. The van der Waals surface area contributed by atoms with Crippen LogP contribution >= 0.6 is 0 Å². The van der Waals surface area contributed by atoms with Crippen LogP contribution in [0, 0.1) is 0 Å². The molecule has 2 heterocycles. The third-order valence-electron chi connectivity index (χ3n) is 6.39. The smallest absolute Gasteiger partial charge is 0.161 e. The zero-order valence-corrected chi connectivity index (χ0v) is 21.0. The largest absolute Gasteiger partial charge is 0.493 e. The van der Waals surface area contributed by atoms with Crippen LogP contribution in [0.3, 0.4) is 0 Å². The predicted molar refractivity (Wildman–Crippen MR) is 149 cm³/mol. The summed E-state index contributed by atoms with van der Waals surface area (Å²) in [6.07, 6.45) is 0. The van der Waals surface area contributed by atoms with E-state index in [0.29, 0.717) is 11.5 Å². The van der Waals surface area contributed by atoms with Gasteiger partial charge in [0.05, 0.1) is 14.2 Å². The van der Waals surface area contributed by atoms with E-state index in [1.165, 1.54) is 10.8 Å². The van der Waals surface area contributed by atoms with E-state index in [-0.39, 0.29) is 0 Å². The lowest BCUT2D eigenvalue weighted by Crippen LogP contribution is -1.90. The van der Waals surface area contributed by atoms with Crippen LogP contribution in [0.2, 0.25) is 0 Å². The zero-order valence-electron chi connectivity index (χ0n) is 21.0. The van der Waals surface area contributed by atoms with Crippen LogP contribution in [0.5, 0.6) is 11.5 Å². The molecule has 0 spiro atoms. The Hall–Kier alpha value is -4.22. The molecular weight excluding hydrogens is 452 g/mol. The molecule has 0 fully saturated rings. The second-order valence-corrected chi connectivity index (χ2v) is 8.15. The Morgan fingerprint density at radius 3 is 1.36 bits per heavy atom. The molecule has 5 nitrogen and oxygen atoms in total. The zero-order chi connectivity index (χ0) is 25.4. The van der Waals surface area contributed by atoms with Crippen molar-refractivity contribution in [3.05, 3.63) is 72.8 Å². The first-order chi connectivity index (χ1) is 17.7. The average Bonchev–Trinajstić information content (AvgIpc) is 3.46. The number of furan rings is 2. The highest BCUT2D eigenvalue weighted by molar-refractivity contribution is 6.18. The van der Waals surface area contributed by atoms with Crippen molar-refractivity contribution in [2.75, 3.05) is 21.3 Å². The fraction of sp³-hybridized carbons (Fsp3) is 0.161. The molecule has 5 aromatic carbocycles. The normalized spacial score (nSPS) is 11.1. The number of aliphatic hydroxyl groups is 1. The summed E-state index contributed by atoms with van der Waals surface area (Å²) in [7, 11) is 4.29. The molecule has 0 radical (unpaired) electrons. The van der Waals surface area contributed by atoms with Crippen molar-refractivity contribution in [2.24, 2.45) is 0 Å². The second-order valence-electron chi connectivity index (χ2n) is 8.15. The Kier molecular flexibility index (Phi) is 6.17. The van der Waals surface area contributed by atoms with Crippen LogP contribution in [0.25, 0.3) is 65.4 Å². The van der Waals surface area contributed by atoms with E-state index in [0.717, 1.165) is 61.8 Å². The molecule has 0 unspecified atom stereocenters. The third kappa shape index (κ3) is 3.60. The lowest BCUT2D eigenvalue weighted by molar-refractivity contribution is 0.356. The minimum absolute atomic E-state index is 0.701. The molecule has 2 aromatic heterocycles. The molecular formula is C31H28O5. The second kappa shape index (κ2) is 9.44. The van der Waals surface area contributed by atoms with E-state index in [2.05, 4.69) is 54.6 Å². The molecule has 0 bridgehead atoms. The van der Waals surface area contributed by atoms with Gasteiger partial charge in [0.15, 0.2) is 11.5 Å². The molecule has 0 saturated heterocycles. The maximum Gasteiger partial charge on any atom is 0.161 e. The van der Waals surface area contributed by atoms with E-state index in [1.54, 1.807) is 14.2 Å². The van der Waals surface area contributed by atoms with Crippen LogP contribution < -0.4 is 9.47 Å². The van der Waals surface area contributed by atoms with E-state index >= 15 is 0 Å². The monoisotopic (exact) mass is 480 g/mol. The first-order valence-corrected chi connectivity index (χ1v) is 11.9. The Labute approximate surface area is 208 Å². The van der Waals surface area contributed by atoms with Gasteiger partial charge in [-0.2, -0.15) is 0 Å². The molecule has 36 heavy (non-hydrogen) atoms. The molecule has 0 aliphatic heterocycles. The molecule has 182 valence electrons. The van der Waals surface area contributed by atoms with Gasteiger partial charge in [0.2, 0.25) is 0 Å². The summed E-state index contributed by atoms with van der Waals surface area (Å²) in [6, 6.07) is 25.0. The third-order valence-corrected chi connectivity index (χ3v) is 6.39. The number of methoxy groups -OCH3 is 2. The summed E-state index contributed by atoms with van der Waals surface area (Å²) >= 11 is 0. The molecule has 5 heteroatoms. The minimum Gasteiger partial charge on any atom is -0.493 e. The van der Waals surface area contributed by atoms with Crippen molar-refractivity contribution >= 4 is 65.4 Å². The van der Waals surface area contributed by atoms with Gasteiger partial charge in [-0.15, -0.1) is 0 Å². The van der Waals surface area contributed by atoms with Gasteiger partial charge >= 0.3 is 0 Å². The molecule has 0 atom stereocenters. The van der Waals surface area contributed by atoms with E-state index < -0.39 is 0 Å². The summed E-state index contributed by atoms with van der Waals surface area (Å²) in [5, 5.41) is 15.7. The summed E-state index contributed by atoms with van der Waals surface area (Å²) < 4.78 is 23.5. The highest BCUT2D eigenvalue weighted by Gasteiger charge is 2.15. The van der Waals surface area contributed by atoms with Crippen molar-refractivity contribution in [1.29, 1.82) is 0 Å². The number of rotatable bonds is 2. The lowest BCUT2D eigenvalue weighted by atomic mass is 10.0. The Morgan fingerprint density at radius 2 is 0.861 bits per heavy atom. The van der Waals surface area contributed by atoms with E-state index in [1.807, 2.05) is 32.0 Å². The molecule has 0 saturated carbocycles. The number of hydrogen-bond donors (Lipinski definition) is 1. The average molecular weight is 481 g/mol. The van der Waals surface area contributed by atoms with Gasteiger partial charge in [0.25, 0.3) is 0 Å². The van der Waals surface area contributed by atoms with Crippen LogP contribution in [-0.4, -0.2) is 26.4 Å². The van der Waals surface area contributed by atoms with Gasteiger partial charge in [0, 0.05) is 28.7 Å². The summed E-state index contributed by atoms with van der Waals surface area (Å²) in [5.41, 5.74) is 3.43. The maximum absolute atomic E-state index is 7.00. The van der Waals surface area contributed by atoms with Crippen molar-refractivity contribution in [2.45, 2.75) is 13.8 Å². The van der Waals surface area contributed by atoms with Crippen LogP contribution in [0.1, 0.15) is 13.8 Å². The number of fused-ring (bicyclic) bond motifs is 8. The number of aliphatic hydroxyl groups excluding tert-OH is 1. The van der Waals surface area contributed by atoms with Gasteiger partial charge < -0.3 is 23.4 Å². The number of ether oxygens (including phenoxy) is 2. The van der Waals surface area contributed by atoms with Crippen LogP contribution in [-0.2, 0) is 0 Å². The quantitative estimate of drug-likeness (QED) is 0.269. The predicted octanol–water partition coefficient (Wildman–Crippen LogP) is 8.44. The number of benzene rings is 5. The molecule has 0 aliphatic rings. The maximum atomic E-state index is 7.00. The van der Waals surface area contributed by atoms with Crippen molar-refractivity contribution < 1.29 is 23.4 Å². The van der Waals surface area contributed by atoms with E-state index in [9.17, 15) is 0 Å². The Bertz CT molecular complexity index is 1860. The van der Waals surface area contributed by atoms with Crippen LogP contribution in [0.15, 0.2) is 81.6 Å². The summed E-state index contributed by atoms with van der Waals surface area (Å²) in [4.78, 5) is 0. The minimum atomic E-state index is 0.701. The Morgan fingerprint density at radius 1 is 0.500 bits per heavy atom. The molecule has 7 aromatic rings. The van der Waals surface area contributed by atoms with E-state index in [4.69, 9.17) is 23.4 Å². The number of hydrogen-bond acceptors (Lipinski definition) is 5. The topological polar surface area (TPSA) is 65.0 Å². The summed E-state index contributed by atoms with van der Waals surface area (Å²) in [5.74, 6) is 1.41. The van der Waals surface area contributed by atoms with Crippen molar-refractivity contribution in [3.63, 3.8) is 0 Å². The van der Waals surface area contributed by atoms with Gasteiger partial charge in [-0.3, -0.25) is 0 Å². The van der Waals surface area contributed by atoms with Crippen LogP contribution in [0.4, 0.5) is 0 Å². The molecule has 0 aliphatic carbocycles. The van der Waals surface area contributed by atoms with Gasteiger partial charge in [0.1, 0.15) is 22.3 Å². The fourth-order valence-electron chi connectivity index (χ4n) is 4.80. The Balaban J connectivity index is 0.000000637. The van der Waals surface area contributed by atoms with Gasteiger partial charge in [-0.05, 0) is 70.1 Å². The van der Waals surface area contributed by atoms with Gasteiger partial charge in [-0.1, -0.05) is 38.1 Å². The first kappa shape index (κ1) is 23.5. The lowest BCUT2D eigenvalue weighted by Gasteiger charge is -2.09. The SMILES string of the molecule is CC.CO.COc1cc2cc3oc4cc5c(cc4c3cc2cc1OC)oc1cc2ccccc2cc15. The summed E-state index contributed by atoms with van der Waals surface area (Å²) in [6.45, 7) is 4.00. The fourth-order valence-corrected chi connectivity index (χ4v) is 4.80. The van der Waals surface area contributed by atoms with Gasteiger partial charge in [-0.25, -0.2) is 0 Å². The highest BCUT2D eigenvalue weighted by atomic mass is 16.5. The molecule has 7 rings (SSSR count). The van der Waals surface area contributed by atoms with Crippen molar-refractivity contribution in [1.82, 2.24) is 0 Å². The van der Waals surface area contributed by atoms with Crippen molar-refractivity contribution in [3.8, 4) is 11.5 Å². The molecule has 1 N–H and O–H groups in total. The standard InChI is InChI=1S/C28H18O4.C2H6.CH4O/c1-29-27-11-17-8-20-22-14-25-21(13-26(22)32-24(20)10-18(17)12-28(27)30-2)19-7-15-5-3-4-6-16(15)9-23(19)31-25;2*1-2/h3-14H,1-2H3;1-2H3;2H,1H3. The highest BCUT2D eigenvalue weighted by Crippen LogP contribution is 2.40.